The first kappa shape index (κ1) is 20.6. The number of piperidine rings is 1. The largest absolute Gasteiger partial charge is 0.497 e. The number of aryl methyl sites for hydroxylation is 1. The SMILES string of the molecule is COc1cccc(C2=NN(C(=O)CN3CCC(C)CC3)[C@H](c3ccccc3C)C2)c1. The van der Waals surface area contributed by atoms with Gasteiger partial charge in [0.15, 0.2) is 0 Å². The molecule has 1 atom stereocenters. The van der Waals surface area contributed by atoms with Gasteiger partial charge in [-0.15, -0.1) is 0 Å². The summed E-state index contributed by atoms with van der Waals surface area (Å²) in [6.07, 6.45) is 3.03. The zero-order chi connectivity index (χ0) is 21.1. The lowest BCUT2D eigenvalue weighted by Crippen LogP contribution is -2.41. The predicted molar refractivity (Wildman–Crippen MR) is 120 cm³/mol. The van der Waals surface area contributed by atoms with E-state index in [9.17, 15) is 4.79 Å². The van der Waals surface area contributed by atoms with E-state index in [0.717, 1.165) is 48.9 Å². The molecule has 5 nitrogen and oxygen atoms in total. The molecule has 5 heteroatoms. The van der Waals surface area contributed by atoms with Gasteiger partial charge in [-0.2, -0.15) is 5.10 Å². The van der Waals surface area contributed by atoms with Crippen LogP contribution in [0.15, 0.2) is 53.6 Å². The number of amides is 1. The first-order valence-corrected chi connectivity index (χ1v) is 10.9. The topological polar surface area (TPSA) is 45.1 Å². The number of carbonyl (C=O) groups excluding carboxylic acids is 1. The minimum Gasteiger partial charge on any atom is -0.497 e. The number of carbonyl (C=O) groups is 1. The van der Waals surface area contributed by atoms with Crippen LogP contribution in [0.3, 0.4) is 0 Å². The summed E-state index contributed by atoms with van der Waals surface area (Å²) >= 11 is 0. The summed E-state index contributed by atoms with van der Waals surface area (Å²) in [6.45, 7) is 6.81. The Labute approximate surface area is 179 Å². The summed E-state index contributed by atoms with van der Waals surface area (Å²) in [7, 11) is 1.67. The molecule has 0 spiro atoms. The van der Waals surface area contributed by atoms with E-state index < -0.39 is 0 Å². The summed E-state index contributed by atoms with van der Waals surface area (Å²) in [5.74, 6) is 1.63. The second-order valence-corrected chi connectivity index (χ2v) is 8.55. The van der Waals surface area contributed by atoms with Crippen molar-refractivity contribution >= 4 is 11.6 Å². The maximum Gasteiger partial charge on any atom is 0.257 e. The molecule has 0 aromatic heterocycles. The highest BCUT2D eigenvalue weighted by Crippen LogP contribution is 2.35. The van der Waals surface area contributed by atoms with E-state index in [1.54, 1.807) is 12.1 Å². The Morgan fingerprint density at radius 3 is 2.63 bits per heavy atom. The van der Waals surface area contributed by atoms with Crippen molar-refractivity contribution in [1.29, 1.82) is 0 Å². The van der Waals surface area contributed by atoms with Crippen LogP contribution in [0.2, 0.25) is 0 Å². The molecule has 0 N–H and O–H groups in total. The molecular formula is C25H31N3O2. The number of hydrazone groups is 1. The van der Waals surface area contributed by atoms with Gasteiger partial charge < -0.3 is 4.74 Å². The highest BCUT2D eigenvalue weighted by Gasteiger charge is 2.34. The third-order valence-electron chi connectivity index (χ3n) is 6.35. The third kappa shape index (κ3) is 4.41. The highest BCUT2D eigenvalue weighted by molar-refractivity contribution is 6.03. The Balaban J connectivity index is 1.61. The molecule has 0 radical (unpaired) electrons. The number of hydrogen-bond donors (Lipinski definition) is 0. The van der Waals surface area contributed by atoms with Crippen molar-refractivity contribution in [2.45, 2.75) is 39.2 Å². The van der Waals surface area contributed by atoms with Crippen molar-refractivity contribution in [2.75, 3.05) is 26.7 Å². The molecule has 0 saturated carbocycles. The van der Waals surface area contributed by atoms with Crippen LogP contribution in [0.1, 0.15) is 48.9 Å². The molecule has 2 heterocycles. The quantitative estimate of drug-likeness (QED) is 0.740. The van der Waals surface area contributed by atoms with Gasteiger partial charge in [0.05, 0.1) is 25.4 Å². The molecule has 2 aliphatic heterocycles. The van der Waals surface area contributed by atoms with Crippen LogP contribution in [0.5, 0.6) is 5.75 Å². The van der Waals surface area contributed by atoms with Crippen molar-refractivity contribution in [2.24, 2.45) is 11.0 Å². The fourth-order valence-corrected chi connectivity index (χ4v) is 4.40. The van der Waals surface area contributed by atoms with Crippen molar-refractivity contribution in [1.82, 2.24) is 9.91 Å². The second kappa shape index (κ2) is 9.00. The van der Waals surface area contributed by atoms with Crippen molar-refractivity contribution in [3.8, 4) is 5.75 Å². The summed E-state index contributed by atoms with van der Waals surface area (Å²) in [4.78, 5) is 15.6. The molecular weight excluding hydrogens is 374 g/mol. The van der Waals surface area contributed by atoms with Crippen molar-refractivity contribution in [3.05, 3.63) is 65.2 Å². The van der Waals surface area contributed by atoms with Crippen LogP contribution in [0.4, 0.5) is 0 Å². The first-order chi connectivity index (χ1) is 14.5. The standard InChI is InChI=1S/C25H31N3O2/c1-18-11-13-27(14-12-18)17-25(29)28-24(22-10-5-4-7-19(22)2)16-23(26-28)20-8-6-9-21(15-20)30-3/h4-10,15,18,24H,11-14,16-17H2,1-3H3/t24-/m0/s1. The fourth-order valence-electron chi connectivity index (χ4n) is 4.40. The molecule has 0 unspecified atom stereocenters. The summed E-state index contributed by atoms with van der Waals surface area (Å²) < 4.78 is 5.39. The van der Waals surface area contributed by atoms with Gasteiger partial charge in [0.25, 0.3) is 5.91 Å². The second-order valence-electron chi connectivity index (χ2n) is 8.55. The van der Waals surface area contributed by atoms with Gasteiger partial charge in [-0.25, -0.2) is 5.01 Å². The van der Waals surface area contributed by atoms with Crippen LogP contribution in [-0.2, 0) is 4.79 Å². The Morgan fingerprint density at radius 1 is 1.13 bits per heavy atom. The normalized spacial score (nSPS) is 20.3. The molecule has 2 aliphatic rings. The number of hydrogen-bond acceptors (Lipinski definition) is 4. The molecule has 1 fully saturated rings. The van der Waals surface area contributed by atoms with Gasteiger partial charge in [-0.1, -0.05) is 43.3 Å². The summed E-state index contributed by atoms with van der Waals surface area (Å²) in [5, 5.41) is 6.56. The Morgan fingerprint density at radius 2 is 1.90 bits per heavy atom. The number of ether oxygens (including phenoxy) is 1. The number of nitrogens with zero attached hydrogens (tertiary/aromatic N) is 3. The molecule has 2 aromatic rings. The Kier molecular flexibility index (Phi) is 6.18. The maximum atomic E-state index is 13.3. The third-order valence-corrected chi connectivity index (χ3v) is 6.35. The van der Waals surface area contributed by atoms with Crippen LogP contribution in [0, 0.1) is 12.8 Å². The van der Waals surface area contributed by atoms with E-state index in [2.05, 4.69) is 30.9 Å². The van der Waals surface area contributed by atoms with Gasteiger partial charge in [-0.3, -0.25) is 9.69 Å². The van der Waals surface area contributed by atoms with E-state index >= 15 is 0 Å². The molecule has 1 saturated heterocycles. The monoisotopic (exact) mass is 405 g/mol. The van der Waals surface area contributed by atoms with Gasteiger partial charge in [-0.05, 0) is 62.0 Å². The molecule has 1 amide bonds. The smallest absolute Gasteiger partial charge is 0.257 e. The maximum absolute atomic E-state index is 13.3. The van der Waals surface area contributed by atoms with E-state index in [0.29, 0.717) is 13.0 Å². The molecule has 2 aromatic carbocycles. The summed E-state index contributed by atoms with van der Waals surface area (Å²) in [6, 6.07) is 16.2. The fraction of sp³-hybridized carbons (Fsp3) is 0.440. The van der Waals surface area contributed by atoms with E-state index in [4.69, 9.17) is 9.84 Å². The van der Waals surface area contributed by atoms with Crippen LogP contribution < -0.4 is 4.74 Å². The zero-order valence-electron chi connectivity index (χ0n) is 18.2. The van der Waals surface area contributed by atoms with E-state index in [1.165, 1.54) is 11.1 Å². The minimum absolute atomic E-state index is 0.0661. The van der Waals surface area contributed by atoms with Crippen molar-refractivity contribution in [3.63, 3.8) is 0 Å². The average molecular weight is 406 g/mol. The number of benzene rings is 2. The van der Waals surface area contributed by atoms with Gasteiger partial charge in [0.2, 0.25) is 0 Å². The molecule has 0 bridgehead atoms. The molecule has 4 rings (SSSR count). The zero-order valence-corrected chi connectivity index (χ0v) is 18.2. The lowest BCUT2D eigenvalue weighted by Gasteiger charge is -2.31. The molecule has 158 valence electrons. The van der Waals surface area contributed by atoms with E-state index in [1.807, 2.05) is 36.4 Å². The van der Waals surface area contributed by atoms with Gasteiger partial charge in [0.1, 0.15) is 5.75 Å². The van der Waals surface area contributed by atoms with Crippen LogP contribution >= 0.6 is 0 Å². The van der Waals surface area contributed by atoms with Gasteiger partial charge in [0, 0.05) is 12.0 Å². The highest BCUT2D eigenvalue weighted by atomic mass is 16.5. The van der Waals surface area contributed by atoms with Crippen molar-refractivity contribution < 1.29 is 9.53 Å². The van der Waals surface area contributed by atoms with E-state index in [-0.39, 0.29) is 11.9 Å². The van der Waals surface area contributed by atoms with Crippen LogP contribution in [-0.4, -0.2) is 48.3 Å². The van der Waals surface area contributed by atoms with Crippen LogP contribution in [0.25, 0.3) is 0 Å². The molecule has 30 heavy (non-hydrogen) atoms. The number of likely N-dealkylation sites (tertiary alicyclic amines) is 1. The first-order valence-electron chi connectivity index (χ1n) is 10.9. The lowest BCUT2D eigenvalue weighted by molar-refractivity contribution is -0.134. The lowest BCUT2D eigenvalue weighted by atomic mass is 9.95. The summed E-state index contributed by atoms with van der Waals surface area (Å²) in [5.41, 5.74) is 4.30. The minimum atomic E-state index is -0.0661. The Bertz CT molecular complexity index is 931. The number of methoxy groups -OCH3 is 1. The number of rotatable bonds is 5. The average Bonchev–Trinajstić information content (AvgIpc) is 3.21. The Hall–Kier alpha value is -2.66. The van der Waals surface area contributed by atoms with Gasteiger partial charge >= 0.3 is 0 Å². The predicted octanol–water partition coefficient (Wildman–Crippen LogP) is 4.41. The molecule has 0 aliphatic carbocycles.